The van der Waals surface area contributed by atoms with Crippen molar-refractivity contribution in [3.05, 3.63) is 54.6 Å². The van der Waals surface area contributed by atoms with Gasteiger partial charge in [0.2, 0.25) is 0 Å². The molecule has 3 heterocycles. The van der Waals surface area contributed by atoms with Crippen LogP contribution in [0.15, 0.2) is 67.6 Å². The molecule has 0 spiro atoms. The molecule has 0 atom stereocenters. The fraction of sp³-hybridized carbons (Fsp3) is 0. The lowest BCUT2D eigenvalue weighted by Gasteiger charge is -2.17. The van der Waals surface area contributed by atoms with Crippen molar-refractivity contribution in [2.24, 2.45) is 0 Å². The molecule has 13 heteroatoms. The molecule has 3 aromatic heterocycles. The minimum Gasteiger partial charge on any atom is -0.488 e. The molecule has 0 unspecified atom stereocenters. The summed E-state index contributed by atoms with van der Waals surface area (Å²) in [5, 5.41) is 0. The summed E-state index contributed by atoms with van der Waals surface area (Å²) in [6.45, 7) is 0. The van der Waals surface area contributed by atoms with Gasteiger partial charge in [-0.3, -0.25) is 0 Å². The second-order valence-electron chi connectivity index (χ2n) is 6.94. The number of nitrogens with zero attached hydrogens (tertiary/aromatic N) is 3. The van der Waals surface area contributed by atoms with Crippen molar-refractivity contribution in [1.82, 2.24) is 15.0 Å². The maximum atomic E-state index is 6.24. The number of aromatic nitrogens is 3. The zero-order chi connectivity index (χ0) is 23.2. The van der Waals surface area contributed by atoms with E-state index in [1.807, 2.05) is 54.6 Å². The maximum Gasteiger partial charge on any atom is 0.864 e. The van der Waals surface area contributed by atoms with Gasteiger partial charge in [-0.05, 0) is 36.4 Å². The molecule has 6 nitrogen and oxygen atoms in total. The normalized spacial score (nSPS) is 11.4. The van der Waals surface area contributed by atoms with E-state index >= 15 is 0 Å². The zero-order valence-corrected chi connectivity index (χ0v) is 22.0. The van der Waals surface area contributed by atoms with Crippen LogP contribution in [0.3, 0.4) is 0 Å². The average Bonchev–Trinajstić information content (AvgIpc) is 3.49. The van der Waals surface area contributed by atoms with Crippen LogP contribution in [0.1, 0.15) is 0 Å². The van der Waals surface area contributed by atoms with Gasteiger partial charge in [0.15, 0.2) is 0 Å². The summed E-state index contributed by atoms with van der Waals surface area (Å²) in [6, 6.07) is 17.0. The smallest absolute Gasteiger partial charge is 0.488 e. The van der Waals surface area contributed by atoms with Gasteiger partial charge in [-0.1, -0.05) is 18.2 Å². The van der Waals surface area contributed by atoms with Crippen LogP contribution >= 0.6 is 71.9 Å². The van der Waals surface area contributed by atoms with Gasteiger partial charge in [0.1, 0.15) is 46.8 Å². The molecular weight excluding hydrogens is 545 g/mol. The molecule has 168 valence electrons. The Morgan fingerprint density at radius 2 is 0.853 bits per heavy atom. The summed E-state index contributed by atoms with van der Waals surface area (Å²) in [5.41, 5.74) is 2.05. The van der Waals surface area contributed by atoms with Crippen molar-refractivity contribution in [1.29, 1.82) is 0 Å². The van der Waals surface area contributed by atoms with E-state index in [1.54, 1.807) is 0 Å². The Morgan fingerprint density at radius 1 is 0.529 bits per heavy atom. The summed E-state index contributed by atoms with van der Waals surface area (Å²) in [6.07, 6.45) is 0. The van der Waals surface area contributed by atoms with Crippen LogP contribution in [0.2, 0.25) is 0 Å². The third-order valence-corrected chi connectivity index (χ3v) is 8.37. The molecule has 6 rings (SSSR count). The molecule has 3 aromatic carbocycles. The van der Waals surface area contributed by atoms with Crippen molar-refractivity contribution in [2.75, 3.05) is 0 Å². The van der Waals surface area contributed by atoms with Crippen LogP contribution in [-0.4, -0.2) is 22.3 Å². The molecule has 0 amide bonds. The van der Waals surface area contributed by atoms with Gasteiger partial charge in [0.25, 0.3) is 0 Å². The van der Waals surface area contributed by atoms with Gasteiger partial charge in [-0.25, -0.2) is 15.0 Å². The highest BCUT2D eigenvalue weighted by Gasteiger charge is 2.33. The maximum absolute atomic E-state index is 6.24. The van der Waals surface area contributed by atoms with E-state index in [-0.39, 0.29) is 0 Å². The first kappa shape index (κ1) is 22.3. The summed E-state index contributed by atoms with van der Waals surface area (Å²) < 4.78 is 23.5. The molecule has 6 aromatic rings. The highest BCUT2D eigenvalue weighted by Crippen LogP contribution is 2.36. The number of hydrogen-bond acceptors (Lipinski definition) is 12. The van der Waals surface area contributed by atoms with E-state index < -0.39 is 7.32 Å². The number of rotatable bonds is 6. The van der Waals surface area contributed by atoms with Gasteiger partial charge in [0, 0.05) is 0 Å². The number of hydrogen-bond donors (Lipinski definition) is 3. The van der Waals surface area contributed by atoms with E-state index in [0.717, 1.165) is 14.1 Å². The number of thiol groups is 3. The lowest BCUT2D eigenvalue weighted by molar-refractivity contribution is 0.311. The van der Waals surface area contributed by atoms with E-state index in [2.05, 4.69) is 52.8 Å². The fourth-order valence-electron chi connectivity index (χ4n) is 3.40. The molecule has 0 aliphatic heterocycles. The average molecular weight is 558 g/mol. The van der Waals surface area contributed by atoms with Gasteiger partial charge in [-0.2, -0.15) is 0 Å². The van der Waals surface area contributed by atoms with Crippen LogP contribution in [0.5, 0.6) is 17.2 Å². The molecular formula is C21H12BN3O3S6. The van der Waals surface area contributed by atoms with E-state index in [0.29, 0.717) is 46.8 Å². The second kappa shape index (κ2) is 9.13. The Kier molecular flexibility index (Phi) is 6.00. The lowest BCUT2D eigenvalue weighted by Crippen LogP contribution is -2.37. The number of benzene rings is 3. The second-order valence-corrected chi connectivity index (χ2v) is 12.2. The minimum atomic E-state index is -1.15. The molecule has 0 aliphatic rings. The first-order chi connectivity index (χ1) is 16.5. The summed E-state index contributed by atoms with van der Waals surface area (Å²) in [7, 11) is -1.15. The Morgan fingerprint density at radius 3 is 1.18 bits per heavy atom. The number of thiazole rings is 3. The zero-order valence-electron chi connectivity index (χ0n) is 16.9. The fourth-order valence-corrected chi connectivity index (χ4v) is 6.76. The van der Waals surface area contributed by atoms with Crippen LogP contribution in [0.4, 0.5) is 0 Å². The van der Waals surface area contributed by atoms with Gasteiger partial charge >= 0.3 is 7.32 Å². The van der Waals surface area contributed by atoms with E-state index in [4.69, 9.17) is 14.0 Å². The predicted octanol–water partition coefficient (Wildman–Crippen LogP) is 6.90. The Balaban J connectivity index is 1.41. The largest absolute Gasteiger partial charge is 0.864 e. The van der Waals surface area contributed by atoms with Gasteiger partial charge in [-0.15, -0.1) is 71.9 Å². The molecule has 34 heavy (non-hydrogen) atoms. The van der Waals surface area contributed by atoms with Crippen LogP contribution in [0, 0.1) is 0 Å². The molecule has 0 saturated heterocycles. The molecule has 0 aliphatic carbocycles. The van der Waals surface area contributed by atoms with Crippen LogP contribution in [-0.2, 0) is 0 Å². The topological polar surface area (TPSA) is 66.4 Å². The Bertz CT molecular complexity index is 1470. The summed E-state index contributed by atoms with van der Waals surface area (Å²) >= 11 is 17.6. The third-order valence-electron chi connectivity index (χ3n) is 4.78. The van der Waals surface area contributed by atoms with E-state index in [9.17, 15) is 0 Å². The monoisotopic (exact) mass is 557 g/mol. The predicted molar refractivity (Wildman–Crippen MR) is 148 cm³/mol. The number of para-hydroxylation sites is 3. The molecule has 0 bridgehead atoms. The first-order valence-electron chi connectivity index (χ1n) is 9.79. The summed E-state index contributed by atoms with van der Waals surface area (Å²) in [5.74, 6) is 1.54. The highest BCUT2D eigenvalue weighted by molar-refractivity contribution is 7.83. The molecule has 0 N–H and O–H groups in total. The van der Waals surface area contributed by atoms with Crippen molar-refractivity contribution in [3.63, 3.8) is 0 Å². The van der Waals surface area contributed by atoms with Crippen molar-refractivity contribution in [3.8, 4) is 17.2 Å². The van der Waals surface area contributed by atoms with Crippen LogP contribution < -0.4 is 14.0 Å². The van der Waals surface area contributed by atoms with E-state index in [1.165, 1.54) is 34.0 Å². The van der Waals surface area contributed by atoms with Crippen molar-refractivity contribution < 1.29 is 14.0 Å². The first-order valence-corrected chi connectivity index (χ1v) is 13.6. The standard InChI is InChI=1S/C21H12BN3O3S6/c29-19-23-16-10(4-1-7-13(16)32-19)26-22(27-11-5-2-8-14-17(11)24-20(30)33-14)28-12-6-3-9-15-18(12)25-21(31)34-15/h1-9H,(H,23,29)(H,24,30)(H,25,31). The quantitative estimate of drug-likeness (QED) is 0.153. The van der Waals surface area contributed by atoms with Gasteiger partial charge < -0.3 is 14.0 Å². The molecule has 0 fully saturated rings. The highest BCUT2D eigenvalue weighted by atomic mass is 32.2. The SMILES string of the molecule is Sc1nc2c(OB(Oc3cccc4sc(S)nc34)Oc3cccc4sc(S)nc34)cccc2s1. The third kappa shape index (κ3) is 4.32. The molecule has 0 saturated carbocycles. The number of fused-ring (bicyclic) bond motifs is 3. The van der Waals surface area contributed by atoms with Crippen LogP contribution in [0.25, 0.3) is 30.6 Å². The summed E-state index contributed by atoms with van der Waals surface area (Å²) in [4.78, 5) is 13.5. The lowest BCUT2D eigenvalue weighted by atomic mass is 10.1. The van der Waals surface area contributed by atoms with Crippen molar-refractivity contribution in [2.45, 2.75) is 13.0 Å². The Hall–Kier alpha value is -2.16. The Labute approximate surface area is 222 Å². The molecule has 0 radical (unpaired) electrons. The minimum absolute atomic E-state index is 0.514. The van der Waals surface area contributed by atoms with Gasteiger partial charge in [0.05, 0.1) is 14.1 Å². The van der Waals surface area contributed by atoms with Crippen molar-refractivity contribution >= 4 is 110 Å².